The second kappa shape index (κ2) is 10.1. The Balaban J connectivity index is 1.64. The van der Waals surface area contributed by atoms with Gasteiger partial charge in [-0.05, 0) is 49.1 Å². The van der Waals surface area contributed by atoms with Gasteiger partial charge in [0.1, 0.15) is 21.7 Å². The zero-order chi connectivity index (χ0) is 25.3. The van der Waals surface area contributed by atoms with Gasteiger partial charge >= 0.3 is 0 Å². The van der Waals surface area contributed by atoms with Crippen molar-refractivity contribution in [3.63, 3.8) is 0 Å². The topological polar surface area (TPSA) is 113 Å². The number of hydrogen-bond donors (Lipinski definition) is 1. The van der Waals surface area contributed by atoms with Gasteiger partial charge in [-0.15, -0.1) is 0 Å². The van der Waals surface area contributed by atoms with Crippen molar-refractivity contribution in [2.75, 3.05) is 13.7 Å². The van der Waals surface area contributed by atoms with Crippen molar-refractivity contribution in [1.82, 2.24) is 9.47 Å². The Hall–Kier alpha value is -3.42. The molecule has 35 heavy (non-hydrogen) atoms. The summed E-state index contributed by atoms with van der Waals surface area (Å²) in [5.74, 6) is -0.787. The lowest BCUT2D eigenvalue weighted by Gasteiger charge is -2.21. The van der Waals surface area contributed by atoms with E-state index in [-0.39, 0.29) is 27.1 Å². The molecule has 0 unspecified atom stereocenters. The van der Waals surface area contributed by atoms with Gasteiger partial charge in [0, 0.05) is 6.04 Å². The highest BCUT2D eigenvalue weighted by molar-refractivity contribution is 8.26. The minimum absolute atomic E-state index is 0.105. The average Bonchev–Trinajstić information content (AvgIpc) is 3.44. The van der Waals surface area contributed by atoms with Crippen LogP contribution in [-0.4, -0.2) is 44.2 Å². The number of nitrogens with zero attached hydrogens (tertiary/aromatic N) is 3. The molecule has 1 saturated heterocycles. The summed E-state index contributed by atoms with van der Waals surface area (Å²) in [6.07, 6.45) is 4.83. The Kier molecular flexibility index (Phi) is 7.10. The molecule has 1 aromatic carbocycles. The molecule has 4 rings (SSSR count). The lowest BCUT2D eigenvalue weighted by Crippen LogP contribution is -2.35. The van der Waals surface area contributed by atoms with E-state index < -0.39 is 29.7 Å². The van der Waals surface area contributed by atoms with Gasteiger partial charge in [-0.1, -0.05) is 49.0 Å². The number of nitriles is 1. The maximum absolute atomic E-state index is 13.3. The van der Waals surface area contributed by atoms with Gasteiger partial charge in [0.05, 0.1) is 24.1 Å². The molecule has 2 fully saturated rings. The van der Waals surface area contributed by atoms with Crippen LogP contribution in [-0.2, 0) is 4.79 Å². The van der Waals surface area contributed by atoms with Gasteiger partial charge in [-0.25, -0.2) is 0 Å². The Morgan fingerprint density at radius 1 is 1.29 bits per heavy atom. The molecule has 0 atom stereocenters. The van der Waals surface area contributed by atoms with Crippen LogP contribution in [0.15, 0.2) is 34.0 Å². The van der Waals surface area contributed by atoms with Gasteiger partial charge in [0.15, 0.2) is 5.78 Å². The number of rotatable bonds is 6. The Morgan fingerprint density at radius 3 is 2.54 bits per heavy atom. The molecule has 0 spiro atoms. The van der Waals surface area contributed by atoms with Crippen LogP contribution in [0.3, 0.4) is 0 Å². The van der Waals surface area contributed by atoms with E-state index in [4.69, 9.17) is 17.0 Å². The summed E-state index contributed by atoms with van der Waals surface area (Å²) in [5, 5.41) is 20.5. The molecule has 1 amide bonds. The molecule has 0 radical (unpaired) electrons. The number of methoxy groups -OCH3 is 1. The van der Waals surface area contributed by atoms with Gasteiger partial charge in [0.2, 0.25) is 5.88 Å². The number of pyridine rings is 1. The number of carbonyl (C=O) groups excluding carboxylic acids is 2. The number of ether oxygens (including phenoxy) is 1. The Bertz CT molecular complexity index is 1350. The predicted molar refractivity (Wildman–Crippen MR) is 137 cm³/mol. The third kappa shape index (κ3) is 4.61. The maximum atomic E-state index is 13.3. The minimum atomic E-state index is -0.598. The molecule has 0 bridgehead atoms. The molecule has 8 nitrogen and oxygen atoms in total. The molecule has 2 aliphatic rings. The van der Waals surface area contributed by atoms with Crippen molar-refractivity contribution in [3.05, 3.63) is 61.8 Å². The summed E-state index contributed by atoms with van der Waals surface area (Å²) in [6, 6.07) is 8.75. The third-order valence-electron chi connectivity index (χ3n) is 6.30. The van der Waals surface area contributed by atoms with E-state index in [1.807, 2.05) is 6.07 Å². The van der Waals surface area contributed by atoms with E-state index in [0.29, 0.717) is 23.5 Å². The lowest BCUT2D eigenvalue weighted by atomic mass is 10.0. The maximum Gasteiger partial charge on any atom is 0.271 e. The van der Waals surface area contributed by atoms with Crippen molar-refractivity contribution in [3.8, 4) is 17.7 Å². The van der Waals surface area contributed by atoms with Gasteiger partial charge in [0.25, 0.3) is 11.5 Å². The fraction of sp³-hybridized carbons (Fsp3) is 0.320. The molecule has 1 aromatic heterocycles. The number of aromatic hydroxyl groups is 1. The predicted octanol–water partition coefficient (Wildman–Crippen LogP) is 3.94. The fourth-order valence-corrected chi connectivity index (χ4v) is 5.72. The Morgan fingerprint density at radius 2 is 1.94 bits per heavy atom. The number of amides is 1. The van der Waals surface area contributed by atoms with Crippen LogP contribution in [0, 0.1) is 18.3 Å². The van der Waals surface area contributed by atoms with Crippen molar-refractivity contribution in [2.45, 2.75) is 38.6 Å². The number of thiocarbonyl (C=S) groups is 1. The molecule has 2 heterocycles. The van der Waals surface area contributed by atoms with Crippen LogP contribution in [0.4, 0.5) is 0 Å². The smallest absolute Gasteiger partial charge is 0.271 e. The molecule has 180 valence electrons. The second-order valence-corrected chi connectivity index (χ2v) is 10.1. The molecule has 10 heteroatoms. The van der Waals surface area contributed by atoms with Crippen molar-refractivity contribution in [1.29, 1.82) is 5.26 Å². The summed E-state index contributed by atoms with van der Waals surface area (Å²) in [6.45, 7) is 1.05. The van der Waals surface area contributed by atoms with Crippen molar-refractivity contribution >= 4 is 46.1 Å². The second-order valence-electron chi connectivity index (χ2n) is 8.39. The molecule has 1 aliphatic carbocycles. The van der Waals surface area contributed by atoms with Crippen LogP contribution >= 0.6 is 24.0 Å². The standard InChI is InChI=1S/C25H23N3O5S2/c1-14-18(12-26)22(30)28(16-5-3-4-6-16)24(32)21(14)19(29)13-27-23(31)20(35-25(27)34)11-15-7-9-17(33-2)10-8-15/h7-11,16,32H,3-6,13H2,1-2H3/b20-11-. The normalized spacial score (nSPS) is 17.3. The number of benzene rings is 1. The first-order valence-corrected chi connectivity index (χ1v) is 12.3. The molecule has 2 aromatic rings. The van der Waals surface area contributed by atoms with Gasteiger partial charge in [-0.2, -0.15) is 5.26 Å². The first kappa shape index (κ1) is 24.7. The summed E-state index contributed by atoms with van der Waals surface area (Å²) in [4.78, 5) is 40.8. The van der Waals surface area contributed by atoms with E-state index in [1.165, 1.54) is 16.4 Å². The summed E-state index contributed by atoms with van der Waals surface area (Å²) >= 11 is 6.43. The highest BCUT2D eigenvalue weighted by atomic mass is 32.2. The zero-order valence-electron chi connectivity index (χ0n) is 19.2. The lowest BCUT2D eigenvalue weighted by molar-refractivity contribution is -0.121. The monoisotopic (exact) mass is 509 g/mol. The number of Topliss-reactive ketones (excluding diaryl/α,β-unsaturated/α-hetero) is 1. The van der Waals surface area contributed by atoms with E-state index in [0.717, 1.165) is 30.2 Å². The largest absolute Gasteiger partial charge is 0.497 e. The van der Waals surface area contributed by atoms with E-state index >= 15 is 0 Å². The minimum Gasteiger partial charge on any atom is -0.497 e. The number of aromatic nitrogens is 1. The summed E-state index contributed by atoms with van der Waals surface area (Å²) < 4.78 is 6.52. The number of thioether (sulfide) groups is 1. The highest BCUT2D eigenvalue weighted by Crippen LogP contribution is 2.36. The van der Waals surface area contributed by atoms with Crippen molar-refractivity contribution in [2.24, 2.45) is 0 Å². The zero-order valence-corrected chi connectivity index (χ0v) is 20.9. The summed E-state index contributed by atoms with van der Waals surface area (Å²) in [5.41, 5.74) is -0.0232. The van der Waals surface area contributed by atoms with Crippen LogP contribution in [0.1, 0.15) is 58.8 Å². The fourth-order valence-electron chi connectivity index (χ4n) is 4.47. The first-order valence-electron chi connectivity index (χ1n) is 11.1. The number of hydrogen-bond acceptors (Lipinski definition) is 8. The number of ketones is 1. The Labute approximate surface area is 211 Å². The van der Waals surface area contributed by atoms with Gasteiger partial charge in [-0.3, -0.25) is 23.9 Å². The average molecular weight is 510 g/mol. The molecule has 1 saturated carbocycles. The highest BCUT2D eigenvalue weighted by Gasteiger charge is 2.36. The molecular formula is C25H23N3O5S2. The van der Waals surface area contributed by atoms with Crippen LogP contribution in [0.5, 0.6) is 11.6 Å². The molecule has 1 aliphatic heterocycles. The van der Waals surface area contributed by atoms with E-state index in [1.54, 1.807) is 37.5 Å². The van der Waals surface area contributed by atoms with Crippen LogP contribution in [0.2, 0.25) is 0 Å². The molecular weight excluding hydrogens is 486 g/mol. The SMILES string of the molecule is COc1ccc(/C=C2\SC(=S)N(CC(=O)c3c(C)c(C#N)c(=O)n(C4CCCC4)c3O)C2=O)cc1. The first-order chi connectivity index (χ1) is 16.8. The van der Waals surface area contributed by atoms with E-state index in [9.17, 15) is 24.8 Å². The number of carbonyl (C=O) groups is 2. The molecule has 1 N–H and O–H groups in total. The third-order valence-corrected chi connectivity index (χ3v) is 7.68. The van der Waals surface area contributed by atoms with Gasteiger partial charge < -0.3 is 9.84 Å². The van der Waals surface area contributed by atoms with Crippen molar-refractivity contribution < 1.29 is 19.4 Å². The quantitative estimate of drug-likeness (QED) is 0.354. The van der Waals surface area contributed by atoms with Crippen LogP contribution in [0.25, 0.3) is 6.08 Å². The van der Waals surface area contributed by atoms with Crippen LogP contribution < -0.4 is 10.3 Å². The van der Waals surface area contributed by atoms with E-state index in [2.05, 4.69) is 0 Å². The summed E-state index contributed by atoms with van der Waals surface area (Å²) in [7, 11) is 1.57.